The minimum atomic E-state index is -0.962. The number of carboxylic acid groups (broad SMARTS) is 1. The van der Waals surface area contributed by atoms with E-state index in [-0.39, 0.29) is 12.0 Å². The lowest BCUT2D eigenvalue weighted by molar-refractivity contribution is 0.0994. The Balaban J connectivity index is 2.82. The molecule has 1 aromatic heterocycles. The first-order valence-corrected chi connectivity index (χ1v) is 5.56. The van der Waals surface area contributed by atoms with E-state index in [0.29, 0.717) is 12.4 Å². The zero-order chi connectivity index (χ0) is 12.8. The van der Waals surface area contributed by atoms with E-state index in [2.05, 4.69) is 0 Å². The van der Waals surface area contributed by atoms with Crippen LogP contribution in [0.25, 0.3) is 0 Å². The Bertz CT molecular complexity index is 336. The molecule has 5 nitrogen and oxygen atoms in total. The first-order chi connectivity index (χ1) is 8.07. The number of methoxy groups -OCH3 is 1. The molecule has 0 aliphatic heterocycles. The van der Waals surface area contributed by atoms with E-state index < -0.39 is 6.09 Å². The van der Waals surface area contributed by atoms with E-state index in [0.717, 1.165) is 6.42 Å². The van der Waals surface area contributed by atoms with Gasteiger partial charge in [-0.1, -0.05) is 6.92 Å². The number of carbonyl (C=O) groups is 1. The van der Waals surface area contributed by atoms with Crippen molar-refractivity contribution in [3.05, 3.63) is 24.2 Å². The smallest absolute Gasteiger partial charge is 0.407 e. The van der Waals surface area contributed by atoms with Gasteiger partial charge in [-0.3, -0.25) is 0 Å². The normalized spacial score (nSPS) is 14.3. The maximum Gasteiger partial charge on any atom is 0.407 e. The summed E-state index contributed by atoms with van der Waals surface area (Å²) in [6.07, 6.45) is 1.37. The average molecular weight is 241 g/mol. The minimum absolute atomic E-state index is 0.127. The molecule has 0 fully saturated rings. The molecule has 17 heavy (non-hydrogen) atoms. The summed E-state index contributed by atoms with van der Waals surface area (Å²) >= 11 is 0. The highest BCUT2D eigenvalue weighted by atomic mass is 16.5. The molecular weight excluding hydrogens is 222 g/mol. The highest BCUT2D eigenvalue weighted by Crippen LogP contribution is 2.30. The van der Waals surface area contributed by atoms with Gasteiger partial charge in [0.15, 0.2) is 0 Å². The van der Waals surface area contributed by atoms with Crippen LogP contribution in [0.1, 0.15) is 25.1 Å². The summed E-state index contributed by atoms with van der Waals surface area (Å²) in [5.74, 6) is 0.792. The van der Waals surface area contributed by atoms with E-state index in [4.69, 9.17) is 14.3 Å². The van der Waals surface area contributed by atoms with Gasteiger partial charge >= 0.3 is 6.09 Å². The molecule has 0 radical (unpaired) electrons. The van der Waals surface area contributed by atoms with Crippen LogP contribution in [0.5, 0.6) is 0 Å². The monoisotopic (exact) mass is 241 g/mol. The molecule has 2 atom stereocenters. The Kier molecular flexibility index (Phi) is 5.03. The number of rotatable bonds is 6. The molecule has 96 valence electrons. The molecule has 1 aromatic rings. The number of amides is 1. The molecule has 1 heterocycles. The van der Waals surface area contributed by atoms with Crippen molar-refractivity contribution in [2.24, 2.45) is 5.92 Å². The zero-order valence-corrected chi connectivity index (χ0v) is 10.4. The van der Waals surface area contributed by atoms with Crippen molar-refractivity contribution in [3.63, 3.8) is 0 Å². The summed E-state index contributed by atoms with van der Waals surface area (Å²) in [6.45, 7) is 2.59. The van der Waals surface area contributed by atoms with E-state index in [1.54, 1.807) is 32.6 Å². The number of furan rings is 1. The molecule has 0 aliphatic rings. The third-order valence-electron chi connectivity index (χ3n) is 2.87. The molecular formula is C12H19NO4. The van der Waals surface area contributed by atoms with E-state index in [9.17, 15) is 4.79 Å². The van der Waals surface area contributed by atoms with Crippen LogP contribution in [0.4, 0.5) is 4.79 Å². The SMILES string of the molecule is COCC[C@@H](C)[C@@H](c1ccco1)N(C)C(=O)O. The standard InChI is InChI=1S/C12H19NO4/c1-9(6-8-16-3)11(13(2)12(14)15)10-5-4-7-17-10/h4-5,7,9,11H,6,8H2,1-3H3,(H,14,15)/t9-,11+/m1/s1. The van der Waals surface area contributed by atoms with Crippen LogP contribution in [-0.4, -0.2) is 36.9 Å². The van der Waals surface area contributed by atoms with Gasteiger partial charge in [-0.15, -0.1) is 0 Å². The Labute approximate surface area is 101 Å². The molecule has 1 N–H and O–H groups in total. The van der Waals surface area contributed by atoms with Crippen molar-refractivity contribution >= 4 is 6.09 Å². The quantitative estimate of drug-likeness (QED) is 0.831. The van der Waals surface area contributed by atoms with Gasteiger partial charge in [0, 0.05) is 20.8 Å². The fourth-order valence-electron chi connectivity index (χ4n) is 1.89. The predicted octanol–water partition coefficient (Wildman–Crippen LogP) is 2.60. The van der Waals surface area contributed by atoms with Gasteiger partial charge in [0.1, 0.15) is 5.76 Å². The zero-order valence-electron chi connectivity index (χ0n) is 10.4. The molecule has 0 saturated heterocycles. The van der Waals surface area contributed by atoms with Crippen molar-refractivity contribution in [2.45, 2.75) is 19.4 Å². The third-order valence-corrected chi connectivity index (χ3v) is 2.87. The van der Waals surface area contributed by atoms with Gasteiger partial charge in [-0.05, 0) is 24.5 Å². The molecule has 0 bridgehead atoms. The van der Waals surface area contributed by atoms with Gasteiger partial charge in [0.2, 0.25) is 0 Å². The third kappa shape index (κ3) is 3.49. The molecule has 0 saturated carbocycles. The summed E-state index contributed by atoms with van der Waals surface area (Å²) in [5, 5.41) is 9.08. The Hall–Kier alpha value is -1.49. The highest BCUT2D eigenvalue weighted by molar-refractivity contribution is 5.65. The van der Waals surface area contributed by atoms with E-state index in [1.165, 1.54) is 4.90 Å². The van der Waals surface area contributed by atoms with Crippen molar-refractivity contribution in [2.75, 3.05) is 20.8 Å². The van der Waals surface area contributed by atoms with Crippen LogP contribution in [0.3, 0.4) is 0 Å². The van der Waals surface area contributed by atoms with Gasteiger partial charge in [-0.25, -0.2) is 4.79 Å². The molecule has 0 spiro atoms. The van der Waals surface area contributed by atoms with Crippen LogP contribution >= 0.6 is 0 Å². The summed E-state index contributed by atoms with van der Waals surface area (Å²) in [7, 11) is 3.19. The lowest BCUT2D eigenvalue weighted by Crippen LogP contribution is -2.33. The fourth-order valence-corrected chi connectivity index (χ4v) is 1.89. The molecule has 0 aliphatic carbocycles. The van der Waals surface area contributed by atoms with Crippen LogP contribution in [0.15, 0.2) is 22.8 Å². The van der Waals surface area contributed by atoms with Gasteiger partial charge < -0.3 is 19.2 Å². The lowest BCUT2D eigenvalue weighted by Gasteiger charge is -2.29. The first-order valence-electron chi connectivity index (χ1n) is 5.56. The lowest BCUT2D eigenvalue weighted by atomic mass is 9.95. The number of hydrogen-bond acceptors (Lipinski definition) is 3. The van der Waals surface area contributed by atoms with Crippen LogP contribution < -0.4 is 0 Å². The summed E-state index contributed by atoms with van der Waals surface area (Å²) in [4.78, 5) is 12.3. The Morgan fingerprint density at radius 3 is 2.82 bits per heavy atom. The van der Waals surface area contributed by atoms with Gasteiger partial charge in [-0.2, -0.15) is 0 Å². The maximum absolute atomic E-state index is 11.1. The summed E-state index contributed by atoms with van der Waals surface area (Å²) in [6, 6.07) is 3.28. The Morgan fingerprint density at radius 1 is 1.65 bits per heavy atom. The van der Waals surface area contributed by atoms with Gasteiger partial charge in [0.05, 0.1) is 12.3 Å². The minimum Gasteiger partial charge on any atom is -0.467 e. The Morgan fingerprint density at radius 2 is 2.35 bits per heavy atom. The van der Waals surface area contributed by atoms with Crippen molar-refractivity contribution in [1.29, 1.82) is 0 Å². The van der Waals surface area contributed by atoms with Crippen molar-refractivity contribution in [1.82, 2.24) is 4.90 Å². The molecule has 0 unspecified atom stereocenters. The number of hydrogen-bond donors (Lipinski definition) is 1. The van der Waals surface area contributed by atoms with Crippen molar-refractivity contribution in [3.8, 4) is 0 Å². The maximum atomic E-state index is 11.1. The molecule has 0 aromatic carbocycles. The molecule has 5 heteroatoms. The van der Waals surface area contributed by atoms with Crippen molar-refractivity contribution < 1.29 is 19.1 Å². The molecule has 1 rings (SSSR count). The second-order valence-corrected chi connectivity index (χ2v) is 4.11. The number of ether oxygens (including phenoxy) is 1. The second kappa shape index (κ2) is 6.30. The predicted molar refractivity (Wildman–Crippen MR) is 62.9 cm³/mol. The second-order valence-electron chi connectivity index (χ2n) is 4.11. The molecule has 1 amide bonds. The van der Waals surface area contributed by atoms with E-state index >= 15 is 0 Å². The summed E-state index contributed by atoms with van der Waals surface area (Å²) in [5.41, 5.74) is 0. The largest absolute Gasteiger partial charge is 0.467 e. The van der Waals surface area contributed by atoms with Crippen LogP contribution in [-0.2, 0) is 4.74 Å². The first kappa shape index (κ1) is 13.6. The fraction of sp³-hybridized carbons (Fsp3) is 0.583. The van der Waals surface area contributed by atoms with Crippen LogP contribution in [0.2, 0.25) is 0 Å². The highest BCUT2D eigenvalue weighted by Gasteiger charge is 2.28. The summed E-state index contributed by atoms with van der Waals surface area (Å²) < 4.78 is 10.3. The van der Waals surface area contributed by atoms with E-state index in [1.807, 2.05) is 6.92 Å². The van der Waals surface area contributed by atoms with Crippen LogP contribution in [0, 0.1) is 5.92 Å². The average Bonchev–Trinajstić information content (AvgIpc) is 2.79. The van der Waals surface area contributed by atoms with Gasteiger partial charge in [0.25, 0.3) is 0 Å². The number of nitrogens with zero attached hydrogens (tertiary/aromatic N) is 1. The topological polar surface area (TPSA) is 62.9 Å².